The Bertz CT molecular complexity index is 986. The van der Waals surface area contributed by atoms with E-state index in [4.69, 9.17) is 9.47 Å². The van der Waals surface area contributed by atoms with Gasteiger partial charge in [0.1, 0.15) is 31.5 Å². The van der Waals surface area contributed by atoms with Gasteiger partial charge in [-0.25, -0.2) is 4.79 Å². The maximum Gasteiger partial charge on any atom is 0.347 e. The molecule has 1 saturated heterocycles. The Hall–Kier alpha value is -3.15. The third-order valence-electron chi connectivity index (χ3n) is 6.79. The van der Waals surface area contributed by atoms with Crippen LogP contribution in [0, 0.1) is 0 Å². The van der Waals surface area contributed by atoms with Crippen molar-refractivity contribution in [2.24, 2.45) is 0 Å². The van der Waals surface area contributed by atoms with Crippen molar-refractivity contribution < 1.29 is 23.9 Å². The summed E-state index contributed by atoms with van der Waals surface area (Å²) in [5, 5.41) is 11.6. The summed E-state index contributed by atoms with van der Waals surface area (Å²) in [6, 6.07) is 28.0. The number of ether oxygens (including phenoxy) is 2. The molecule has 1 heterocycles. The summed E-state index contributed by atoms with van der Waals surface area (Å²) in [4.78, 5) is 13.3. The Balaban J connectivity index is 1.43. The van der Waals surface area contributed by atoms with Crippen molar-refractivity contribution in [3.05, 3.63) is 102 Å². The van der Waals surface area contributed by atoms with Crippen molar-refractivity contribution in [2.75, 3.05) is 33.4 Å². The quantitative estimate of drug-likeness (QED) is 0.396. The van der Waals surface area contributed by atoms with E-state index >= 15 is 0 Å². The van der Waals surface area contributed by atoms with Crippen LogP contribution in [0.5, 0.6) is 5.75 Å². The lowest BCUT2D eigenvalue weighted by Gasteiger charge is -2.36. The summed E-state index contributed by atoms with van der Waals surface area (Å²) in [6.45, 7) is 2.71. The Labute approximate surface area is 195 Å². The Morgan fingerprint density at radius 3 is 2.06 bits per heavy atom. The number of hydrogen-bond donors (Lipinski definition) is 1. The molecule has 1 fully saturated rings. The smallest absolute Gasteiger partial charge is 0.347 e. The van der Waals surface area contributed by atoms with Gasteiger partial charge in [0.05, 0.1) is 13.6 Å². The summed E-state index contributed by atoms with van der Waals surface area (Å²) >= 11 is 0. The number of benzene rings is 3. The van der Waals surface area contributed by atoms with Crippen molar-refractivity contribution in [1.29, 1.82) is 0 Å². The minimum absolute atomic E-state index is 0.170. The fourth-order valence-electron chi connectivity index (χ4n) is 4.67. The molecule has 0 amide bonds. The van der Waals surface area contributed by atoms with Crippen LogP contribution in [0.3, 0.4) is 0 Å². The van der Waals surface area contributed by atoms with Gasteiger partial charge < -0.3 is 19.1 Å². The zero-order valence-electron chi connectivity index (χ0n) is 19.1. The molecule has 1 aliphatic rings. The predicted octanol–water partition coefficient (Wildman–Crippen LogP) is 4.15. The van der Waals surface area contributed by atoms with Gasteiger partial charge in [0.25, 0.3) is 0 Å². The van der Waals surface area contributed by atoms with Crippen molar-refractivity contribution in [3.8, 4) is 5.75 Å². The Morgan fingerprint density at radius 2 is 1.48 bits per heavy atom. The SMILES string of the molecule is C[N+]1(CCOc2ccccc2)CCC[C@@H]1COC(=O)C(O)(c1ccccc1)c1ccccc1. The monoisotopic (exact) mass is 446 g/mol. The van der Waals surface area contributed by atoms with E-state index in [-0.39, 0.29) is 12.6 Å². The first kappa shape index (κ1) is 23.0. The van der Waals surface area contributed by atoms with Gasteiger partial charge in [-0.05, 0) is 23.3 Å². The molecule has 0 saturated carbocycles. The second kappa shape index (κ2) is 10.2. The van der Waals surface area contributed by atoms with E-state index in [1.54, 1.807) is 24.3 Å². The summed E-state index contributed by atoms with van der Waals surface area (Å²) in [7, 11) is 2.19. The normalized spacial score (nSPS) is 20.4. The first-order valence-electron chi connectivity index (χ1n) is 11.5. The molecule has 3 aromatic rings. The number of likely N-dealkylation sites (tertiary alicyclic amines) is 1. The zero-order chi connectivity index (χ0) is 23.2. The van der Waals surface area contributed by atoms with E-state index in [0.717, 1.165) is 36.2 Å². The average Bonchev–Trinajstić information content (AvgIpc) is 3.23. The number of aliphatic hydroxyl groups is 1. The third kappa shape index (κ3) is 5.10. The van der Waals surface area contributed by atoms with Crippen LogP contribution in [-0.4, -0.2) is 55.0 Å². The van der Waals surface area contributed by atoms with Crippen LogP contribution in [0.25, 0.3) is 0 Å². The van der Waals surface area contributed by atoms with Crippen molar-refractivity contribution in [3.63, 3.8) is 0 Å². The molecule has 3 aromatic carbocycles. The third-order valence-corrected chi connectivity index (χ3v) is 6.79. The molecule has 0 spiro atoms. The predicted molar refractivity (Wildman–Crippen MR) is 128 cm³/mol. The Kier molecular flexibility index (Phi) is 7.11. The van der Waals surface area contributed by atoms with Crippen molar-refractivity contribution in [2.45, 2.75) is 24.5 Å². The van der Waals surface area contributed by atoms with Crippen LogP contribution >= 0.6 is 0 Å². The number of rotatable bonds is 9. The van der Waals surface area contributed by atoms with Gasteiger partial charge in [-0.3, -0.25) is 0 Å². The van der Waals surface area contributed by atoms with E-state index in [1.807, 2.05) is 66.7 Å². The maximum absolute atomic E-state index is 13.3. The van der Waals surface area contributed by atoms with E-state index in [1.165, 1.54) is 0 Å². The number of carbonyl (C=O) groups is 1. The minimum atomic E-state index is -1.85. The highest BCUT2D eigenvalue weighted by atomic mass is 16.6. The van der Waals surface area contributed by atoms with Gasteiger partial charge in [-0.2, -0.15) is 0 Å². The highest BCUT2D eigenvalue weighted by Gasteiger charge is 2.44. The highest BCUT2D eigenvalue weighted by molar-refractivity contribution is 5.85. The van der Waals surface area contributed by atoms with Gasteiger partial charge in [-0.15, -0.1) is 0 Å². The standard InChI is InChI=1S/C28H32NO4/c1-29(20-21-32-26-17-9-4-10-18-26)19-11-16-25(29)22-33-27(30)28(31,23-12-5-2-6-13-23)24-14-7-3-8-15-24/h2-10,12-15,17-18,25,31H,11,16,19-22H2,1H3/q+1/t25-,29?/m1/s1. The van der Waals surface area contributed by atoms with Crippen molar-refractivity contribution in [1.82, 2.24) is 0 Å². The number of para-hydroxylation sites is 1. The first-order valence-corrected chi connectivity index (χ1v) is 11.5. The zero-order valence-corrected chi connectivity index (χ0v) is 19.1. The fraction of sp³-hybridized carbons (Fsp3) is 0.321. The highest BCUT2D eigenvalue weighted by Crippen LogP contribution is 2.32. The number of quaternary nitrogens is 1. The number of esters is 1. The fourth-order valence-corrected chi connectivity index (χ4v) is 4.67. The number of hydrogen-bond acceptors (Lipinski definition) is 4. The molecule has 2 atom stereocenters. The van der Waals surface area contributed by atoms with Crippen LogP contribution in [0.2, 0.25) is 0 Å². The molecule has 1 aliphatic heterocycles. The van der Waals surface area contributed by atoms with E-state index in [2.05, 4.69) is 7.05 Å². The molecule has 33 heavy (non-hydrogen) atoms. The maximum atomic E-state index is 13.3. The minimum Gasteiger partial charge on any atom is -0.488 e. The lowest BCUT2D eigenvalue weighted by Crippen LogP contribution is -2.53. The van der Waals surface area contributed by atoms with E-state index in [0.29, 0.717) is 17.7 Å². The molecule has 0 radical (unpaired) electrons. The molecule has 0 aliphatic carbocycles. The van der Waals surface area contributed by atoms with Gasteiger partial charge in [0.15, 0.2) is 0 Å². The van der Waals surface area contributed by atoms with Gasteiger partial charge in [-0.1, -0.05) is 78.9 Å². The second-order valence-corrected chi connectivity index (χ2v) is 8.93. The lowest BCUT2D eigenvalue weighted by atomic mass is 9.86. The molecule has 0 aromatic heterocycles. The lowest BCUT2D eigenvalue weighted by molar-refractivity contribution is -0.921. The average molecular weight is 447 g/mol. The largest absolute Gasteiger partial charge is 0.488 e. The summed E-state index contributed by atoms with van der Waals surface area (Å²) in [5.74, 6) is 0.223. The number of likely N-dealkylation sites (N-methyl/N-ethyl adjacent to an activating group) is 1. The molecule has 1 unspecified atom stereocenters. The van der Waals surface area contributed by atoms with Crippen LogP contribution in [0.15, 0.2) is 91.0 Å². The van der Waals surface area contributed by atoms with Gasteiger partial charge in [0, 0.05) is 12.8 Å². The summed E-state index contributed by atoms with van der Waals surface area (Å²) in [6.07, 6.45) is 2.05. The summed E-state index contributed by atoms with van der Waals surface area (Å²) in [5.41, 5.74) is -0.844. The van der Waals surface area contributed by atoms with Gasteiger partial charge in [0.2, 0.25) is 5.60 Å². The first-order chi connectivity index (χ1) is 16.0. The molecule has 4 rings (SSSR count). The number of carbonyl (C=O) groups excluding carboxylic acids is 1. The second-order valence-electron chi connectivity index (χ2n) is 8.93. The molecular formula is C28H32NO4+. The van der Waals surface area contributed by atoms with E-state index in [9.17, 15) is 9.90 Å². The van der Waals surface area contributed by atoms with Crippen molar-refractivity contribution >= 4 is 5.97 Å². The van der Waals surface area contributed by atoms with Crippen LogP contribution < -0.4 is 4.74 Å². The number of nitrogens with zero attached hydrogens (tertiary/aromatic N) is 1. The van der Waals surface area contributed by atoms with E-state index < -0.39 is 11.6 Å². The van der Waals surface area contributed by atoms with Gasteiger partial charge >= 0.3 is 5.97 Å². The van der Waals surface area contributed by atoms with Crippen LogP contribution in [0.4, 0.5) is 0 Å². The summed E-state index contributed by atoms with van der Waals surface area (Å²) < 4.78 is 12.5. The topological polar surface area (TPSA) is 55.8 Å². The Morgan fingerprint density at radius 1 is 0.939 bits per heavy atom. The molecular weight excluding hydrogens is 414 g/mol. The van der Waals surface area contributed by atoms with Crippen LogP contribution in [-0.2, 0) is 15.1 Å². The molecule has 5 heteroatoms. The molecule has 0 bridgehead atoms. The molecule has 1 N–H and O–H groups in total. The molecule has 172 valence electrons. The van der Waals surface area contributed by atoms with Crippen LogP contribution in [0.1, 0.15) is 24.0 Å². The molecule has 5 nitrogen and oxygen atoms in total.